The Morgan fingerprint density at radius 1 is 1.39 bits per heavy atom. The van der Waals surface area contributed by atoms with Gasteiger partial charge in [-0.15, -0.1) is 0 Å². The molecule has 0 aliphatic heterocycles. The van der Waals surface area contributed by atoms with Crippen LogP contribution >= 0.6 is 0 Å². The van der Waals surface area contributed by atoms with E-state index in [0.29, 0.717) is 12.6 Å². The molecule has 0 spiro atoms. The summed E-state index contributed by atoms with van der Waals surface area (Å²) >= 11 is 0. The van der Waals surface area contributed by atoms with Crippen LogP contribution in [-0.4, -0.2) is 19.7 Å². The van der Waals surface area contributed by atoms with Gasteiger partial charge in [-0.25, -0.2) is 0 Å². The summed E-state index contributed by atoms with van der Waals surface area (Å²) in [7, 11) is 1.71. The van der Waals surface area contributed by atoms with Gasteiger partial charge in [0.15, 0.2) is 0 Å². The third-order valence-corrected chi connectivity index (χ3v) is 3.60. The minimum atomic E-state index is 0.489. The second-order valence-electron chi connectivity index (χ2n) is 5.39. The molecule has 0 aromatic heterocycles. The van der Waals surface area contributed by atoms with Crippen LogP contribution in [0.2, 0.25) is 0 Å². The minimum Gasteiger partial charge on any atom is -0.497 e. The molecule has 3 heteroatoms. The second kappa shape index (κ2) is 5.61. The molecule has 1 aromatic rings. The van der Waals surface area contributed by atoms with E-state index in [1.165, 1.54) is 24.1 Å². The zero-order chi connectivity index (χ0) is 13.1. The lowest BCUT2D eigenvalue weighted by atomic mass is 10.1. The first-order valence-corrected chi connectivity index (χ1v) is 6.79. The van der Waals surface area contributed by atoms with Crippen LogP contribution in [0, 0.1) is 5.92 Å². The van der Waals surface area contributed by atoms with E-state index in [4.69, 9.17) is 10.5 Å². The van der Waals surface area contributed by atoms with Crippen molar-refractivity contribution >= 4 is 5.69 Å². The van der Waals surface area contributed by atoms with Crippen molar-refractivity contribution < 1.29 is 4.74 Å². The van der Waals surface area contributed by atoms with E-state index >= 15 is 0 Å². The van der Waals surface area contributed by atoms with Crippen molar-refractivity contribution in [2.45, 2.75) is 39.3 Å². The fourth-order valence-corrected chi connectivity index (χ4v) is 2.28. The van der Waals surface area contributed by atoms with E-state index in [1.807, 2.05) is 6.07 Å². The molecule has 0 heterocycles. The third-order valence-electron chi connectivity index (χ3n) is 3.60. The quantitative estimate of drug-likeness (QED) is 0.841. The highest BCUT2D eigenvalue weighted by atomic mass is 16.5. The van der Waals surface area contributed by atoms with Crippen LogP contribution in [0.3, 0.4) is 0 Å². The van der Waals surface area contributed by atoms with Crippen molar-refractivity contribution in [3.8, 4) is 5.75 Å². The predicted octanol–water partition coefficient (Wildman–Crippen LogP) is 2.78. The molecule has 0 amide bonds. The zero-order valence-electron chi connectivity index (χ0n) is 11.6. The molecule has 3 nitrogen and oxygen atoms in total. The van der Waals surface area contributed by atoms with Gasteiger partial charge >= 0.3 is 0 Å². The topological polar surface area (TPSA) is 38.5 Å². The van der Waals surface area contributed by atoms with Crippen molar-refractivity contribution in [2.24, 2.45) is 11.7 Å². The van der Waals surface area contributed by atoms with Crippen LogP contribution in [0.25, 0.3) is 0 Å². The lowest BCUT2D eigenvalue weighted by molar-refractivity contribution is 0.414. The zero-order valence-corrected chi connectivity index (χ0v) is 11.6. The molecular weight excluding hydrogens is 224 g/mol. The molecule has 2 N–H and O–H groups in total. The maximum Gasteiger partial charge on any atom is 0.120 e. The van der Waals surface area contributed by atoms with Crippen LogP contribution < -0.4 is 15.4 Å². The Hall–Kier alpha value is -1.22. The van der Waals surface area contributed by atoms with Gasteiger partial charge in [-0.1, -0.05) is 6.07 Å². The Labute approximate surface area is 110 Å². The number of ether oxygens (including phenoxy) is 1. The summed E-state index contributed by atoms with van der Waals surface area (Å²) in [5.74, 6) is 1.77. The lowest BCUT2D eigenvalue weighted by Gasteiger charge is -2.31. The molecule has 100 valence electrons. The number of benzene rings is 1. The molecule has 1 fully saturated rings. The number of anilines is 1. The molecule has 0 unspecified atom stereocenters. The summed E-state index contributed by atoms with van der Waals surface area (Å²) in [5.41, 5.74) is 8.29. The Bertz CT molecular complexity index is 399. The average molecular weight is 248 g/mol. The highest BCUT2D eigenvalue weighted by Gasteiger charge is 2.26. The Kier molecular flexibility index (Phi) is 4.12. The minimum absolute atomic E-state index is 0.489. The Morgan fingerprint density at radius 2 is 2.11 bits per heavy atom. The second-order valence-corrected chi connectivity index (χ2v) is 5.39. The van der Waals surface area contributed by atoms with E-state index in [2.05, 4.69) is 30.9 Å². The summed E-state index contributed by atoms with van der Waals surface area (Å²) in [6.45, 7) is 6.19. The van der Waals surface area contributed by atoms with Gasteiger partial charge in [0.1, 0.15) is 5.75 Å². The van der Waals surface area contributed by atoms with Crippen molar-refractivity contribution in [3.05, 3.63) is 23.8 Å². The first kappa shape index (κ1) is 13.2. The molecule has 18 heavy (non-hydrogen) atoms. The van der Waals surface area contributed by atoms with Crippen LogP contribution in [-0.2, 0) is 6.54 Å². The van der Waals surface area contributed by atoms with Crippen LogP contribution in [0.4, 0.5) is 5.69 Å². The molecule has 0 saturated heterocycles. The van der Waals surface area contributed by atoms with Gasteiger partial charge in [0.25, 0.3) is 0 Å². The number of rotatable bonds is 6. The third kappa shape index (κ3) is 2.96. The number of hydrogen-bond acceptors (Lipinski definition) is 3. The average Bonchev–Trinajstić information content (AvgIpc) is 3.18. The highest BCUT2D eigenvalue weighted by Crippen LogP contribution is 2.34. The number of nitrogens with zero attached hydrogens (tertiary/aromatic N) is 1. The maximum absolute atomic E-state index is 5.86. The van der Waals surface area contributed by atoms with Gasteiger partial charge in [0.2, 0.25) is 0 Å². The molecular formula is C15H24N2O. The van der Waals surface area contributed by atoms with Crippen LogP contribution in [0.5, 0.6) is 5.75 Å². The van der Waals surface area contributed by atoms with Crippen LogP contribution in [0.1, 0.15) is 32.3 Å². The van der Waals surface area contributed by atoms with Crippen molar-refractivity contribution in [1.82, 2.24) is 0 Å². The summed E-state index contributed by atoms with van der Waals surface area (Å²) in [4.78, 5) is 2.46. The SMILES string of the molecule is COc1ccc(CN)c(N(CC2CC2)C(C)C)c1. The first-order chi connectivity index (χ1) is 8.65. The molecule has 1 aliphatic rings. The van der Waals surface area contributed by atoms with E-state index in [9.17, 15) is 0 Å². The van der Waals surface area contributed by atoms with Gasteiger partial charge in [-0.2, -0.15) is 0 Å². The normalized spacial score (nSPS) is 14.9. The highest BCUT2D eigenvalue weighted by molar-refractivity contribution is 5.58. The van der Waals surface area contributed by atoms with Crippen molar-refractivity contribution in [2.75, 3.05) is 18.6 Å². The number of methoxy groups -OCH3 is 1. The fourth-order valence-electron chi connectivity index (χ4n) is 2.28. The summed E-state index contributed by atoms with van der Waals surface area (Å²) < 4.78 is 5.34. The molecule has 1 aliphatic carbocycles. The Balaban J connectivity index is 2.30. The summed E-state index contributed by atoms with van der Waals surface area (Å²) in [5, 5.41) is 0. The Morgan fingerprint density at radius 3 is 2.61 bits per heavy atom. The van der Waals surface area contributed by atoms with Crippen molar-refractivity contribution in [1.29, 1.82) is 0 Å². The summed E-state index contributed by atoms with van der Waals surface area (Å²) in [6.07, 6.45) is 2.73. The largest absolute Gasteiger partial charge is 0.497 e. The maximum atomic E-state index is 5.86. The standard InChI is InChI=1S/C15H24N2O/c1-11(2)17(10-12-4-5-12)15-8-14(18-3)7-6-13(15)9-16/h6-8,11-12H,4-5,9-10,16H2,1-3H3. The number of hydrogen-bond donors (Lipinski definition) is 1. The van der Waals surface area contributed by atoms with E-state index in [0.717, 1.165) is 18.2 Å². The molecule has 1 saturated carbocycles. The monoisotopic (exact) mass is 248 g/mol. The predicted molar refractivity (Wildman–Crippen MR) is 76.1 cm³/mol. The number of nitrogens with two attached hydrogens (primary N) is 1. The first-order valence-electron chi connectivity index (χ1n) is 6.79. The van der Waals surface area contributed by atoms with Gasteiger partial charge in [0, 0.05) is 30.9 Å². The summed E-state index contributed by atoms with van der Waals surface area (Å²) in [6, 6.07) is 6.67. The lowest BCUT2D eigenvalue weighted by Crippen LogP contribution is -2.33. The molecule has 0 radical (unpaired) electrons. The van der Waals surface area contributed by atoms with Gasteiger partial charge < -0.3 is 15.4 Å². The van der Waals surface area contributed by atoms with E-state index in [1.54, 1.807) is 7.11 Å². The fraction of sp³-hybridized carbons (Fsp3) is 0.600. The smallest absolute Gasteiger partial charge is 0.120 e. The molecule has 1 aromatic carbocycles. The van der Waals surface area contributed by atoms with Crippen LogP contribution in [0.15, 0.2) is 18.2 Å². The molecule has 2 rings (SSSR count). The molecule has 0 atom stereocenters. The van der Waals surface area contributed by atoms with Gasteiger partial charge in [-0.3, -0.25) is 0 Å². The van der Waals surface area contributed by atoms with Gasteiger partial charge in [0.05, 0.1) is 7.11 Å². The van der Waals surface area contributed by atoms with Crippen molar-refractivity contribution in [3.63, 3.8) is 0 Å². The van der Waals surface area contributed by atoms with E-state index in [-0.39, 0.29) is 0 Å². The van der Waals surface area contributed by atoms with Gasteiger partial charge in [-0.05, 0) is 44.2 Å². The van der Waals surface area contributed by atoms with E-state index < -0.39 is 0 Å². The molecule has 0 bridgehead atoms.